The Labute approximate surface area is 103 Å². The third-order valence-corrected chi connectivity index (χ3v) is 3.39. The standard InChI is InChI=1S/C11H23O5P/c1-6-10(12)16-17(13,14-7-2)15-9-8-11(3,4)5/h6-9H2,1-5H3. The monoisotopic (exact) mass is 266 g/mol. The van der Waals surface area contributed by atoms with Crippen LogP contribution in [0.15, 0.2) is 0 Å². The number of hydrogen-bond acceptors (Lipinski definition) is 5. The molecular weight excluding hydrogens is 243 g/mol. The molecule has 0 aliphatic carbocycles. The number of carbonyl (C=O) groups excluding carboxylic acids is 1. The van der Waals surface area contributed by atoms with Crippen LogP contribution < -0.4 is 0 Å². The van der Waals surface area contributed by atoms with Gasteiger partial charge in [0.2, 0.25) is 0 Å². The first-order valence-corrected chi connectivity index (χ1v) is 7.30. The summed E-state index contributed by atoms with van der Waals surface area (Å²) in [4.78, 5) is 11.1. The highest BCUT2D eigenvalue weighted by Gasteiger charge is 2.30. The van der Waals surface area contributed by atoms with Crippen molar-refractivity contribution in [3.63, 3.8) is 0 Å². The maximum atomic E-state index is 12.0. The SMILES string of the molecule is CCOP(=O)(OCCC(C)(C)C)OC(=O)CC. The molecule has 0 saturated carbocycles. The van der Waals surface area contributed by atoms with E-state index in [4.69, 9.17) is 13.6 Å². The van der Waals surface area contributed by atoms with Crippen LogP contribution in [-0.2, 0) is 22.9 Å². The van der Waals surface area contributed by atoms with Crippen molar-refractivity contribution in [3.05, 3.63) is 0 Å². The van der Waals surface area contributed by atoms with E-state index in [1.165, 1.54) is 0 Å². The summed E-state index contributed by atoms with van der Waals surface area (Å²) in [6, 6.07) is 0. The van der Waals surface area contributed by atoms with Gasteiger partial charge >= 0.3 is 13.8 Å². The van der Waals surface area contributed by atoms with Crippen molar-refractivity contribution in [1.29, 1.82) is 0 Å². The second-order valence-electron chi connectivity index (χ2n) is 4.83. The van der Waals surface area contributed by atoms with Crippen LogP contribution in [-0.4, -0.2) is 19.2 Å². The Morgan fingerprint density at radius 1 is 1.18 bits per heavy atom. The van der Waals surface area contributed by atoms with E-state index in [1.807, 2.05) is 20.8 Å². The van der Waals surface area contributed by atoms with Crippen molar-refractivity contribution in [3.8, 4) is 0 Å². The fraction of sp³-hybridized carbons (Fsp3) is 0.909. The molecule has 0 heterocycles. The molecule has 0 aliphatic heterocycles. The topological polar surface area (TPSA) is 61.8 Å². The van der Waals surface area contributed by atoms with E-state index >= 15 is 0 Å². The Morgan fingerprint density at radius 3 is 2.18 bits per heavy atom. The Kier molecular flexibility index (Phi) is 6.98. The molecule has 0 rings (SSSR count). The Morgan fingerprint density at radius 2 is 1.76 bits per heavy atom. The number of hydrogen-bond donors (Lipinski definition) is 0. The summed E-state index contributed by atoms with van der Waals surface area (Å²) in [5.41, 5.74) is 0.0613. The molecule has 1 atom stereocenters. The van der Waals surface area contributed by atoms with Gasteiger partial charge in [0.05, 0.1) is 13.2 Å². The summed E-state index contributed by atoms with van der Waals surface area (Å²) in [5.74, 6) is -0.586. The summed E-state index contributed by atoms with van der Waals surface area (Å²) < 4.78 is 26.7. The molecule has 17 heavy (non-hydrogen) atoms. The lowest BCUT2D eigenvalue weighted by atomic mass is 9.93. The van der Waals surface area contributed by atoms with Gasteiger partial charge in [0, 0.05) is 6.42 Å². The van der Waals surface area contributed by atoms with E-state index in [-0.39, 0.29) is 25.0 Å². The molecule has 0 fully saturated rings. The summed E-state index contributed by atoms with van der Waals surface area (Å²) in [6.07, 6.45) is 0.841. The lowest BCUT2D eigenvalue weighted by Crippen LogP contribution is -2.11. The molecule has 0 aromatic carbocycles. The predicted molar refractivity (Wildman–Crippen MR) is 65.6 cm³/mol. The molecule has 0 bridgehead atoms. The zero-order chi connectivity index (χ0) is 13.5. The molecule has 0 aromatic heterocycles. The van der Waals surface area contributed by atoms with Gasteiger partial charge < -0.3 is 4.52 Å². The van der Waals surface area contributed by atoms with Crippen molar-refractivity contribution in [2.45, 2.75) is 47.5 Å². The predicted octanol–water partition coefficient (Wildman–Crippen LogP) is 3.54. The Hall–Kier alpha value is -0.380. The highest BCUT2D eigenvalue weighted by Crippen LogP contribution is 2.50. The molecule has 1 unspecified atom stereocenters. The van der Waals surface area contributed by atoms with Crippen LogP contribution in [0.4, 0.5) is 0 Å². The Balaban J connectivity index is 4.31. The van der Waals surface area contributed by atoms with Gasteiger partial charge in [0.15, 0.2) is 0 Å². The molecule has 0 spiro atoms. The summed E-state index contributed by atoms with van der Waals surface area (Å²) in [7, 11) is -3.73. The summed E-state index contributed by atoms with van der Waals surface area (Å²) in [5, 5.41) is 0. The number of rotatable bonds is 7. The molecule has 0 aliphatic rings. The number of phosphoric acid groups is 1. The third kappa shape index (κ3) is 8.36. The van der Waals surface area contributed by atoms with Crippen LogP contribution in [0.25, 0.3) is 0 Å². The average molecular weight is 266 g/mol. The normalized spacial score (nSPS) is 15.4. The van der Waals surface area contributed by atoms with Gasteiger partial charge in [0.25, 0.3) is 0 Å². The van der Waals surface area contributed by atoms with Gasteiger partial charge in [-0.05, 0) is 18.8 Å². The molecule has 0 aromatic rings. The van der Waals surface area contributed by atoms with Gasteiger partial charge in [-0.25, -0.2) is 4.57 Å². The van der Waals surface area contributed by atoms with E-state index in [1.54, 1.807) is 13.8 Å². The first-order chi connectivity index (χ1) is 7.72. The van der Waals surface area contributed by atoms with Crippen LogP contribution >= 0.6 is 7.82 Å². The van der Waals surface area contributed by atoms with Gasteiger partial charge in [-0.3, -0.25) is 13.8 Å². The average Bonchev–Trinajstić information content (AvgIpc) is 2.15. The first-order valence-electron chi connectivity index (χ1n) is 5.84. The lowest BCUT2D eigenvalue weighted by Gasteiger charge is -2.20. The van der Waals surface area contributed by atoms with Crippen molar-refractivity contribution >= 4 is 13.8 Å². The zero-order valence-electron chi connectivity index (χ0n) is 11.3. The minimum absolute atomic E-state index is 0.0613. The first kappa shape index (κ1) is 16.6. The molecule has 5 nitrogen and oxygen atoms in total. The highest BCUT2D eigenvalue weighted by molar-refractivity contribution is 7.49. The maximum absolute atomic E-state index is 12.0. The molecule has 0 radical (unpaired) electrons. The fourth-order valence-corrected chi connectivity index (χ4v) is 2.09. The van der Waals surface area contributed by atoms with Crippen molar-refractivity contribution in [1.82, 2.24) is 0 Å². The highest BCUT2D eigenvalue weighted by atomic mass is 31.2. The van der Waals surface area contributed by atoms with E-state index < -0.39 is 13.8 Å². The smallest absolute Gasteiger partial charge is 0.370 e. The maximum Gasteiger partial charge on any atom is 0.532 e. The molecule has 0 amide bonds. The van der Waals surface area contributed by atoms with Crippen LogP contribution in [0.3, 0.4) is 0 Å². The second-order valence-corrected chi connectivity index (χ2v) is 6.42. The molecule has 0 N–H and O–H groups in total. The van der Waals surface area contributed by atoms with E-state index in [9.17, 15) is 9.36 Å². The van der Waals surface area contributed by atoms with E-state index in [0.29, 0.717) is 6.42 Å². The quantitative estimate of drug-likeness (QED) is 0.659. The van der Waals surface area contributed by atoms with Crippen molar-refractivity contribution in [2.24, 2.45) is 5.41 Å². The van der Waals surface area contributed by atoms with Crippen LogP contribution in [0.1, 0.15) is 47.5 Å². The van der Waals surface area contributed by atoms with Gasteiger partial charge in [-0.2, -0.15) is 0 Å². The molecule has 0 saturated heterocycles. The number of phosphoric ester groups is 1. The van der Waals surface area contributed by atoms with E-state index in [0.717, 1.165) is 0 Å². The third-order valence-electron chi connectivity index (χ3n) is 1.89. The molecule has 6 heteroatoms. The van der Waals surface area contributed by atoms with Crippen molar-refractivity contribution < 1.29 is 22.9 Å². The zero-order valence-corrected chi connectivity index (χ0v) is 12.2. The largest absolute Gasteiger partial charge is 0.532 e. The minimum Gasteiger partial charge on any atom is -0.370 e. The Bertz CT molecular complexity index is 282. The molecular formula is C11H23O5P. The van der Waals surface area contributed by atoms with Crippen LogP contribution in [0.5, 0.6) is 0 Å². The summed E-state index contributed by atoms with van der Waals surface area (Å²) in [6.45, 7) is 9.81. The fourth-order valence-electron chi connectivity index (χ4n) is 0.901. The molecule has 102 valence electrons. The van der Waals surface area contributed by atoms with Gasteiger partial charge in [-0.1, -0.05) is 27.7 Å². The van der Waals surface area contributed by atoms with Gasteiger partial charge in [-0.15, -0.1) is 0 Å². The summed E-state index contributed by atoms with van der Waals surface area (Å²) >= 11 is 0. The lowest BCUT2D eigenvalue weighted by molar-refractivity contribution is -0.136. The number of carbonyl (C=O) groups is 1. The van der Waals surface area contributed by atoms with E-state index in [2.05, 4.69) is 0 Å². The second kappa shape index (κ2) is 7.14. The van der Waals surface area contributed by atoms with Gasteiger partial charge in [0.1, 0.15) is 0 Å². The van der Waals surface area contributed by atoms with Crippen LogP contribution in [0.2, 0.25) is 0 Å². The van der Waals surface area contributed by atoms with Crippen molar-refractivity contribution in [2.75, 3.05) is 13.2 Å². The van der Waals surface area contributed by atoms with Crippen LogP contribution in [0, 0.1) is 5.41 Å². The minimum atomic E-state index is -3.73.